The van der Waals surface area contributed by atoms with E-state index in [0.717, 1.165) is 86.0 Å². The Morgan fingerprint density at radius 2 is 1.95 bits per heavy atom. The van der Waals surface area contributed by atoms with Crippen molar-refractivity contribution in [2.24, 2.45) is 7.05 Å². The van der Waals surface area contributed by atoms with Gasteiger partial charge in [0.2, 0.25) is 5.95 Å². The van der Waals surface area contributed by atoms with E-state index in [9.17, 15) is 4.79 Å². The van der Waals surface area contributed by atoms with Crippen LogP contribution < -0.4 is 14.5 Å². The SMILES string of the molecule is COc1ccccc1C1=CCN(c2nc(N3CCCC(N4CCOC4=O)CC3)c3cnn(C)c3n2)CC1. The summed E-state index contributed by atoms with van der Waals surface area (Å²) in [6.07, 6.45) is 7.69. The molecule has 0 N–H and O–H groups in total. The highest BCUT2D eigenvalue weighted by atomic mass is 16.6. The summed E-state index contributed by atoms with van der Waals surface area (Å²) in [6.45, 7) is 4.45. The molecule has 2 fully saturated rings. The highest BCUT2D eigenvalue weighted by Gasteiger charge is 2.32. The maximum absolute atomic E-state index is 12.1. The van der Waals surface area contributed by atoms with Gasteiger partial charge in [0.25, 0.3) is 0 Å². The maximum Gasteiger partial charge on any atom is 0.410 e. The molecule has 1 aromatic carbocycles. The van der Waals surface area contributed by atoms with Crippen molar-refractivity contribution in [1.82, 2.24) is 24.6 Å². The lowest BCUT2D eigenvalue weighted by molar-refractivity contribution is 0.145. The number of anilines is 2. The number of para-hydroxylation sites is 1. The molecule has 3 aliphatic heterocycles. The number of benzene rings is 1. The molecular weight excluding hydrogens is 470 g/mol. The van der Waals surface area contributed by atoms with E-state index < -0.39 is 0 Å². The number of ether oxygens (including phenoxy) is 2. The minimum atomic E-state index is -0.178. The lowest BCUT2D eigenvalue weighted by Gasteiger charge is -2.29. The van der Waals surface area contributed by atoms with Crippen LogP contribution in [0.3, 0.4) is 0 Å². The third-order valence-corrected chi connectivity index (χ3v) is 7.74. The van der Waals surface area contributed by atoms with E-state index in [1.165, 1.54) is 5.57 Å². The van der Waals surface area contributed by atoms with E-state index >= 15 is 0 Å². The fourth-order valence-electron chi connectivity index (χ4n) is 5.72. The van der Waals surface area contributed by atoms with Crippen LogP contribution >= 0.6 is 0 Å². The van der Waals surface area contributed by atoms with Gasteiger partial charge in [0.15, 0.2) is 5.65 Å². The second kappa shape index (κ2) is 9.91. The smallest absolute Gasteiger partial charge is 0.410 e. The number of fused-ring (bicyclic) bond motifs is 1. The minimum absolute atomic E-state index is 0.178. The Balaban J connectivity index is 1.26. The molecule has 1 amide bonds. The number of nitrogens with zero attached hydrogens (tertiary/aromatic N) is 7. The average molecular weight is 504 g/mol. The zero-order valence-corrected chi connectivity index (χ0v) is 21.5. The first kappa shape index (κ1) is 23.6. The van der Waals surface area contributed by atoms with Crippen molar-refractivity contribution < 1.29 is 14.3 Å². The van der Waals surface area contributed by atoms with Crippen LogP contribution in [0.1, 0.15) is 31.2 Å². The third kappa shape index (κ3) is 4.45. The lowest BCUT2D eigenvalue weighted by atomic mass is 9.99. The van der Waals surface area contributed by atoms with Gasteiger partial charge < -0.3 is 24.2 Å². The van der Waals surface area contributed by atoms with Gasteiger partial charge in [-0.3, -0.25) is 4.68 Å². The van der Waals surface area contributed by atoms with Crippen LogP contribution in [-0.4, -0.2) is 83.2 Å². The lowest BCUT2D eigenvalue weighted by Crippen LogP contribution is -2.37. The van der Waals surface area contributed by atoms with Gasteiger partial charge in [0, 0.05) is 44.8 Å². The second-order valence-electron chi connectivity index (χ2n) is 9.86. The molecule has 1 unspecified atom stereocenters. The van der Waals surface area contributed by atoms with Crippen LogP contribution in [-0.2, 0) is 11.8 Å². The van der Waals surface area contributed by atoms with Crippen molar-refractivity contribution in [2.75, 3.05) is 56.2 Å². The number of methoxy groups -OCH3 is 1. The zero-order valence-electron chi connectivity index (χ0n) is 21.5. The number of rotatable bonds is 5. The first-order chi connectivity index (χ1) is 18.1. The number of cyclic esters (lactones) is 1. The summed E-state index contributed by atoms with van der Waals surface area (Å²) in [5.41, 5.74) is 3.27. The van der Waals surface area contributed by atoms with Crippen LogP contribution in [0.5, 0.6) is 5.75 Å². The highest BCUT2D eigenvalue weighted by Crippen LogP contribution is 2.33. The van der Waals surface area contributed by atoms with Gasteiger partial charge in [-0.2, -0.15) is 15.1 Å². The quantitative estimate of drug-likeness (QED) is 0.523. The van der Waals surface area contributed by atoms with Gasteiger partial charge >= 0.3 is 6.09 Å². The minimum Gasteiger partial charge on any atom is -0.496 e. The van der Waals surface area contributed by atoms with Crippen LogP contribution in [0.4, 0.5) is 16.6 Å². The van der Waals surface area contributed by atoms with E-state index in [4.69, 9.17) is 19.4 Å². The van der Waals surface area contributed by atoms with Crippen molar-refractivity contribution in [3.05, 3.63) is 42.1 Å². The summed E-state index contributed by atoms with van der Waals surface area (Å²) in [5.74, 6) is 2.56. The maximum atomic E-state index is 12.1. The molecule has 3 aliphatic rings. The Hall–Kier alpha value is -3.82. The summed E-state index contributed by atoms with van der Waals surface area (Å²) >= 11 is 0. The number of amides is 1. The fraction of sp³-hybridized carbons (Fsp3) is 0.481. The predicted molar refractivity (Wildman–Crippen MR) is 142 cm³/mol. The standard InChI is InChI=1S/C27H33N7O3/c1-31-24-22(18-28-31)25(32-12-5-6-20(11-15-32)34-16-17-37-27(34)35)30-26(29-24)33-13-9-19(10-14-33)21-7-3-4-8-23(21)36-2/h3-4,7-9,18,20H,5-6,10-17H2,1-2H3. The molecule has 3 aromatic rings. The second-order valence-corrected chi connectivity index (χ2v) is 9.86. The van der Waals surface area contributed by atoms with E-state index in [0.29, 0.717) is 13.2 Å². The molecule has 194 valence electrons. The van der Waals surface area contributed by atoms with Crippen LogP contribution in [0.25, 0.3) is 16.6 Å². The van der Waals surface area contributed by atoms with Crippen molar-refractivity contribution >= 4 is 34.5 Å². The summed E-state index contributed by atoms with van der Waals surface area (Å²) in [4.78, 5) is 28.6. The largest absolute Gasteiger partial charge is 0.496 e. The highest BCUT2D eigenvalue weighted by molar-refractivity contribution is 5.88. The molecule has 2 saturated heterocycles. The molecule has 0 aliphatic carbocycles. The molecule has 0 bridgehead atoms. The topological polar surface area (TPSA) is 88.9 Å². The Morgan fingerprint density at radius 1 is 1.05 bits per heavy atom. The van der Waals surface area contributed by atoms with Crippen LogP contribution in [0.15, 0.2) is 36.5 Å². The molecule has 10 heteroatoms. The van der Waals surface area contributed by atoms with E-state index in [1.54, 1.807) is 7.11 Å². The molecule has 1 atom stereocenters. The molecule has 0 spiro atoms. The van der Waals surface area contributed by atoms with Gasteiger partial charge in [-0.25, -0.2) is 4.79 Å². The molecule has 6 rings (SSSR count). The molecular formula is C27H33N7O3. The molecule has 10 nitrogen and oxygen atoms in total. The van der Waals surface area contributed by atoms with Gasteiger partial charge in [-0.1, -0.05) is 24.3 Å². The molecule has 0 radical (unpaired) electrons. The van der Waals surface area contributed by atoms with E-state index in [1.807, 2.05) is 35.0 Å². The normalized spacial score (nSPS) is 20.7. The number of hydrogen-bond acceptors (Lipinski definition) is 8. The first-order valence-electron chi connectivity index (χ1n) is 13.1. The third-order valence-electron chi connectivity index (χ3n) is 7.74. The van der Waals surface area contributed by atoms with Crippen molar-refractivity contribution in [3.63, 3.8) is 0 Å². The molecule has 2 aromatic heterocycles. The number of carbonyl (C=O) groups is 1. The Bertz CT molecular complexity index is 1340. The summed E-state index contributed by atoms with van der Waals surface area (Å²) in [6, 6.07) is 8.39. The number of aryl methyl sites for hydroxylation is 1. The fourth-order valence-corrected chi connectivity index (χ4v) is 5.72. The first-order valence-corrected chi connectivity index (χ1v) is 13.1. The summed E-state index contributed by atoms with van der Waals surface area (Å²) in [5, 5.41) is 5.46. The van der Waals surface area contributed by atoms with Gasteiger partial charge in [-0.05, 0) is 37.3 Å². The summed E-state index contributed by atoms with van der Waals surface area (Å²) < 4.78 is 12.6. The van der Waals surface area contributed by atoms with Crippen LogP contribution in [0.2, 0.25) is 0 Å². The zero-order chi connectivity index (χ0) is 25.4. The molecule has 37 heavy (non-hydrogen) atoms. The van der Waals surface area contributed by atoms with Crippen molar-refractivity contribution in [1.29, 1.82) is 0 Å². The number of aromatic nitrogens is 4. The van der Waals surface area contributed by atoms with Gasteiger partial charge in [0.05, 0.1) is 25.2 Å². The molecule has 5 heterocycles. The number of carbonyl (C=O) groups excluding carboxylic acids is 1. The number of hydrogen-bond donors (Lipinski definition) is 0. The van der Waals surface area contributed by atoms with Crippen LogP contribution in [0, 0.1) is 0 Å². The van der Waals surface area contributed by atoms with E-state index in [2.05, 4.69) is 33.1 Å². The molecule has 0 saturated carbocycles. The van der Waals surface area contributed by atoms with E-state index in [-0.39, 0.29) is 12.1 Å². The Morgan fingerprint density at radius 3 is 2.73 bits per heavy atom. The van der Waals surface area contributed by atoms with Gasteiger partial charge in [-0.15, -0.1) is 0 Å². The average Bonchev–Trinajstić information content (AvgIpc) is 3.45. The predicted octanol–water partition coefficient (Wildman–Crippen LogP) is 3.48. The van der Waals surface area contributed by atoms with Gasteiger partial charge in [0.1, 0.15) is 18.2 Å². The summed E-state index contributed by atoms with van der Waals surface area (Å²) in [7, 11) is 3.64. The monoisotopic (exact) mass is 503 g/mol. The van der Waals surface area contributed by atoms with Crippen molar-refractivity contribution in [3.8, 4) is 5.75 Å². The Kier molecular flexibility index (Phi) is 6.31. The Labute approximate surface area is 216 Å². The van der Waals surface area contributed by atoms with Crippen molar-refractivity contribution in [2.45, 2.75) is 31.7 Å².